The second-order valence-corrected chi connectivity index (χ2v) is 5.83. The summed E-state index contributed by atoms with van der Waals surface area (Å²) in [5.41, 5.74) is 8.20. The van der Waals surface area contributed by atoms with Gasteiger partial charge in [-0.05, 0) is 36.3 Å². The number of nitrogens with one attached hydrogen (secondary N) is 1. The molecule has 3 N–H and O–H groups in total. The Morgan fingerprint density at radius 1 is 1.08 bits per heavy atom. The Bertz CT molecular complexity index is 780. The molecule has 0 saturated heterocycles. The Hall–Kier alpha value is -2.73. The Balaban J connectivity index is 1.95. The van der Waals surface area contributed by atoms with E-state index in [1.54, 1.807) is 6.08 Å². The summed E-state index contributed by atoms with van der Waals surface area (Å²) in [5.74, 6) is -0.425. The number of hydrogen-bond acceptors (Lipinski definition) is 3. The second kappa shape index (κ2) is 8.79. The molecular weight excluding hydrogens is 368 g/mol. The van der Waals surface area contributed by atoms with Crippen LogP contribution < -0.4 is 11.1 Å². The third kappa shape index (κ3) is 5.81. The first kappa shape index (κ1) is 17.6. The molecule has 0 saturated carbocycles. The highest BCUT2D eigenvalue weighted by Crippen LogP contribution is 2.11. The molecule has 0 aromatic heterocycles. The average molecular weight is 385 g/mol. The Labute approximate surface area is 149 Å². The number of nitrogens with zero attached hydrogens (tertiary/aromatic N) is 2. The minimum Gasteiger partial charge on any atom is -0.368 e. The summed E-state index contributed by atoms with van der Waals surface area (Å²) in [6, 6.07) is 17.1. The quantitative estimate of drug-likeness (QED) is 0.367. The van der Waals surface area contributed by atoms with Crippen molar-refractivity contribution in [3.05, 3.63) is 76.3 Å². The summed E-state index contributed by atoms with van der Waals surface area (Å²) in [5, 5.41) is 10.3. The van der Waals surface area contributed by atoms with E-state index in [1.807, 2.05) is 61.5 Å². The van der Waals surface area contributed by atoms with Crippen LogP contribution in [-0.2, 0) is 4.79 Å². The van der Waals surface area contributed by atoms with E-state index in [-0.39, 0.29) is 11.9 Å². The number of hydrogen-bond donors (Lipinski definition) is 2. The molecular formula is C18H17BrN4O. The van der Waals surface area contributed by atoms with E-state index in [9.17, 15) is 4.79 Å². The Kier molecular flexibility index (Phi) is 6.45. The molecule has 0 unspecified atom stereocenters. The summed E-state index contributed by atoms with van der Waals surface area (Å²) in [6.45, 7) is 1.82. The van der Waals surface area contributed by atoms with Crippen LogP contribution in [0.3, 0.4) is 0 Å². The number of benzene rings is 2. The number of carbonyl (C=O) groups excluding carboxylic acids is 1. The van der Waals surface area contributed by atoms with Crippen LogP contribution >= 0.6 is 15.9 Å². The van der Waals surface area contributed by atoms with E-state index in [2.05, 4.69) is 31.4 Å². The number of carbonyl (C=O) groups is 1. The van der Waals surface area contributed by atoms with E-state index in [0.29, 0.717) is 5.71 Å². The van der Waals surface area contributed by atoms with Gasteiger partial charge in [-0.1, -0.05) is 58.4 Å². The van der Waals surface area contributed by atoms with Gasteiger partial charge in [-0.25, -0.2) is 0 Å². The van der Waals surface area contributed by atoms with Crippen LogP contribution in [0.1, 0.15) is 18.1 Å². The molecule has 5 nitrogen and oxygen atoms in total. The molecule has 0 heterocycles. The van der Waals surface area contributed by atoms with Gasteiger partial charge in [-0.2, -0.15) is 5.10 Å². The van der Waals surface area contributed by atoms with Gasteiger partial charge in [-0.3, -0.25) is 10.1 Å². The molecule has 6 heteroatoms. The molecule has 0 aliphatic rings. The molecule has 122 valence electrons. The minimum atomic E-state index is -0.364. The third-order valence-corrected chi connectivity index (χ3v) is 3.58. The first-order valence-corrected chi connectivity index (χ1v) is 8.01. The molecule has 0 atom stereocenters. The van der Waals surface area contributed by atoms with E-state index in [1.165, 1.54) is 6.08 Å². The summed E-state index contributed by atoms with van der Waals surface area (Å²) < 4.78 is 0.986. The molecule has 24 heavy (non-hydrogen) atoms. The van der Waals surface area contributed by atoms with Crippen LogP contribution in [0.4, 0.5) is 0 Å². The molecule has 0 fully saturated rings. The predicted molar refractivity (Wildman–Crippen MR) is 102 cm³/mol. The van der Waals surface area contributed by atoms with E-state index >= 15 is 0 Å². The van der Waals surface area contributed by atoms with Crippen molar-refractivity contribution < 1.29 is 4.79 Å². The van der Waals surface area contributed by atoms with Gasteiger partial charge < -0.3 is 5.73 Å². The van der Waals surface area contributed by atoms with Gasteiger partial charge in [0.25, 0.3) is 5.91 Å². The van der Waals surface area contributed by atoms with E-state index in [4.69, 9.17) is 5.73 Å². The molecule has 2 aromatic rings. The summed E-state index contributed by atoms with van der Waals surface area (Å²) in [4.78, 5) is 11.8. The standard InChI is InChI=1S/C18H17BrN4O/c1-13(15-8-10-16(19)11-9-15)22-23-18(20)21-17(24)12-7-14-5-3-2-4-6-14/h2-12H,1H3,(H3,20,21,23,24)/b12-7+,22-13+. The Morgan fingerprint density at radius 3 is 2.42 bits per heavy atom. The zero-order valence-electron chi connectivity index (χ0n) is 13.1. The summed E-state index contributed by atoms with van der Waals surface area (Å²) >= 11 is 3.37. The highest BCUT2D eigenvalue weighted by Gasteiger charge is 2.00. The SMILES string of the molecule is C/C(=N\N=C(/N)NC(=O)/C=C/c1ccccc1)c1ccc(Br)cc1. The van der Waals surface area contributed by atoms with Crippen LogP contribution in [0.2, 0.25) is 0 Å². The predicted octanol–water partition coefficient (Wildman–Crippen LogP) is 3.32. The first-order valence-electron chi connectivity index (χ1n) is 7.22. The lowest BCUT2D eigenvalue weighted by molar-refractivity contribution is -0.115. The van der Waals surface area contributed by atoms with Gasteiger partial charge in [-0.15, -0.1) is 5.10 Å². The number of halogens is 1. The zero-order valence-corrected chi connectivity index (χ0v) is 14.7. The smallest absolute Gasteiger partial charge is 0.250 e. The van der Waals surface area contributed by atoms with Crippen LogP contribution in [0, 0.1) is 0 Å². The summed E-state index contributed by atoms with van der Waals surface area (Å²) in [7, 11) is 0. The fraction of sp³-hybridized carbons (Fsp3) is 0.0556. The molecule has 0 spiro atoms. The highest BCUT2D eigenvalue weighted by atomic mass is 79.9. The monoisotopic (exact) mass is 384 g/mol. The van der Waals surface area contributed by atoms with Crippen molar-refractivity contribution in [1.82, 2.24) is 5.32 Å². The van der Waals surface area contributed by atoms with Gasteiger partial charge in [0, 0.05) is 10.5 Å². The molecule has 0 radical (unpaired) electrons. The lowest BCUT2D eigenvalue weighted by Gasteiger charge is -2.01. The second-order valence-electron chi connectivity index (χ2n) is 4.91. The van der Waals surface area contributed by atoms with E-state index in [0.717, 1.165) is 15.6 Å². The van der Waals surface area contributed by atoms with Crippen molar-refractivity contribution in [1.29, 1.82) is 0 Å². The molecule has 0 aliphatic carbocycles. The number of nitrogens with two attached hydrogens (primary N) is 1. The number of guanidine groups is 1. The van der Waals surface area contributed by atoms with Crippen molar-refractivity contribution in [3.63, 3.8) is 0 Å². The Morgan fingerprint density at radius 2 is 1.75 bits per heavy atom. The van der Waals surface area contributed by atoms with Crippen LogP contribution in [0.25, 0.3) is 6.08 Å². The van der Waals surface area contributed by atoms with Gasteiger partial charge in [0.2, 0.25) is 5.96 Å². The van der Waals surface area contributed by atoms with E-state index < -0.39 is 0 Å². The fourth-order valence-corrected chi connectivity index (χ4v) is 2.07. The van der Waals surface area contributed by atoms with Crippen LogP contribution in [0.5, 0.6) is 0 Å². The molecule has 2 rings (SSSR count). The van der Waals surface area contributed by atoms with Crippen molar-refractivity contribution in [2.24, 2.45) is 15.9 Å². The van der Waals surface area contributed by atoms with Crippen LogP contribution in [-0.4, -0.2) is 17.6 Å². The maximum atomic E-state index is 11.8. The maximum Gasteiger partial charge on any atom is 0.250 e. The fourth-order valence-electron chi connectivity index (χ4n) is 1.81. The van der Waals surface area contributed by atoms with Crippen LogP contribution in [0.15, 0.2) is 75.3 Å². The maximum absolute atomic E-state index is 11.8. The highest BCUT2D eigenvalue weighted by molar-refractivity contribution is 9.10. The van der Waals surface area contributed by atoms with Gasteiger partial charge >= 0.3 is 0 Å². The average Bonchev–Trinajstić information content (AvgIpc) is 2.59. The normalized spacial score (nSPS) is 12.4. The van der Waals surface area contributed by atoms with Gasteiger partial charge in [0.1, 0.15) is 0 Å². The third-order valence-electron chi connectivity index (χ3n) is 3.05. The lowest BCUT2D eigenvalue weighted by atomic mass is 10.1. The van der Waals surface area contributed by atoms with Crippen molar-refractivity contribution in [3.8, 4) is 0 Å². The van der Waals surface area contributed by atoms with Crippen molar-refractivity contribution in [2.45, 2.75) is 6.92 Å². The molecule has 0 bridgehead atoms. The van der Waals surface area contributed by atoms with Crippen molar-refractivity contribution >= 4 is 39.6 Å². The topological polar surface area (TPSA) is 79.8 Å². The van der Waals surface area contributed by atoms with Gasteiger partial charge in [0.05, 0.1) is 5.71 Å². The largest absolute Gasteiger partial charge is 0.368 e. The lowest BCUT2D eigenvalue weighted by Crippen LogP contribution is -2.35. The van der Waals surface area contributed by atoms with Crippen molar-refractivity contribution in [2.75, 3.05) is 0 Å². The number of rotatable bonds is 4. The first-order chi connectivity index (χ1) is 11.5. The molecule has 0 aliphatic heterocycles. The summed E-state index contributed by atoms with van der Waals surface area (Å²) in [6.07, 6.45) is 3.09. The molecule has 1 amide bonds. The zero-order chi connectivity index (χ0) is 17.4. The van der Waals surface area contributed by atoms with Gasteiger partial charge in [0.15, 0.2) is 0 Å². The number of amides is 1. The minimum absolute atomic E-state index is 0.0610. The molecule has 2 aromatic carbocycles.